The lowest BCUT2D eigenvalue weighted by atomic mass is 10.00. The number of halogens is 3. The molecular formula is C31H27F3N2O5. The molecule has 0 saturated heterocycles. The molecule has 0 aliphatic carbocycles. The Morgan fingerprint density at radius 3 is 2.59 bits per heavy atom. The number of rotatable bonds is 9. The van der Waals surface area contributed by atoms with Crippen molar-refractivity contribution < 1.29 is 36.7 Å². The van der Waals surface area contributed by atoms with Gasteiger partial charge in [0, 0.05) is 23.1 Å². The number of hydrogen-bond donors (Lipinski definition) is 1. The number of carbonyl (C=O) groups excluding carboxylic acids is 3. The van der Waals surface area contributed by atoms with Gasteiger partial charge < -0.3 is 19.4 Å². The summed E-state index contributed by atoms with van der Waals surface area (Å²) in [4.78, 5) is 40.6. The summed E-state index contributed by atoms with van der Waals surface area (Å²) < 4.78 is 52.4. The van der Waals surface area contributed by atoms with E-state index in [-0.39, 0.29) is 24.4 Å². The molecule has 3 aromatic carbocycles. The first kappa shape index (κ1) is 27.9. The molecule has 0 spiro atoms. The molecule has 1 N–H and O–H groups in total. The van der Waals surface area contributed by atoms with Gasteiger partial charge in [0.25, 0.3) is 5.91 Å². The second-order valence-electron chi connectivity index (χ2n) is 9.99. The third-order valence-electron chi connectivity index (χ3n) is 7.30. The molecule has 41 heavy (non-hydrogen) atoms. The molecule has 0 radical (unpaired) electrons. The molecule has 0 fully saturated rings. The first-order valence-corrected chi connectivity index (χ1v) is 13.1. The topological polar surface area (TPSA) is 88.8 Å². The van der Waals surface area contributed by atoms with E-state index in [0.29, 0.717) is 11.6 Å². The molecule has 7 nitrogen and oxygen atoms in total. The Bertz CT molecular complexity index is 1660. The average Bonchev–Trinajstić information content (AvgIpc) is 3.53. The highest BCUT2D eigenvalue weighted by Gasteiger charge is 2.36. The molecule has 2 heterocycles. The van der Waals surface area contributed by atoms with Gasteiger partial charge in [-0.15, -0.1) is 0 Å². The van der Waals surface area contributed by atoms with Crippen LogP contribution in [-0.4, -0.2) is 41.2 Å². The third-order valence-corrected chi connectivity index (χ3v) is 7.30. The number of nitrogens with one attached hydrogen (secondary N) is 1. The lowest BCUT2D eigenvalue weighted by Crippen LogP contribution is -2.51. The number of aryl methyl sites for hydroxylation is 1. The zero-order valence-corrected chi connectivity index (χ0v) is 22.6. The van der Waals surface area contributed by atoms with Gasteiger partial charge in [0.1, 0.15) is 18.2 Å². The second kappa shape index (κ2) is 11.1. The zero-order valence-electron chi connectivity index (χ0n) is 22.6. The fourth-order valence-corrected chi connectivity index (χ4v) is 4.98. The number of benzene rings is 3. The van der Waals surface area contributed by atoms with E-state index in [9.17, 15) is 27.6 Å². The number of nitrogens with zero attached hydrogens (tertiary/aromatic N) is 1. The standard InChI is InChI=1S/C31H27F3N2O5/c1-4-24(30(38)35-17(3)25(37)15-41-29-27(33)16(2)11-23(32)28(29)34)36-13-19-10-9-18(12-21(19)31(36)39)22-14-40-26-8-6-5-7-20(22)26/h5-12,14,17,24H,4,13,15H2,1-3H3,(H,35,38)/t17-,24?/m0/s1. The van der Waals surface area contributed by atoms with Crippen molar-refractivity contribution >= 4 is 28.6 Å². The van der Waals surface area contributed by atoms with Crippen molar-refractivity contribution in [2.75, 3.05) is 6.61 Å². The Kier molecular flexibility index (Phi) is 7.57. The number of ketones is 1. The second-order valence-corrected chi connectivity index (χ2v) is 9.99. The van der Waals surface area contributed by atoms with Crippen molar-refractivity contribution in [3.63, 3.8) is 0 Å². The molecule has 212 valence electrons. The van der Waals surface area contributed by atoms with Crippen LogP contribution >= 0.6 is 0 Å². The smallest absolute Gasteiger partial charge is 0.255 e. The van der Waals surface area contributed by atoms with Gasteiger partial charge in [0.2, 0.25) is 11.7 Å². The Morgan fingerprint density at radius 1 is 1.07 bits per heavy atom. The highest BCUT2D eigenvalue weighted by Crippen LogP contribution is 2.34. The lowest BCUT2D eigenvalue weighted by molar-refractivity contribution is -0.131. The maximum absolute atomic E-state index is 14.2. The largest absolute Gasteiger partial charge is 0.480 e. The molecule has 0 saturated carbocycles. The van der Waals surface area contributed by atoms with Gasteiger partial charge in [-0.1, -0.05) is 37.3 Å². The van der Waals surface area contributed by atoms with Crippen LogP contribution in [0.25, 0.3) is 22.1 Å². The van der Waals surface area contributed by atoms with E-state index < -0.39 is 53.6 Å². The quantitative estimate of drug-likeness (QED) is 0.263. The summed E-state index contributed by atoms with van der Waals surface area (Å²) in [6, 6.07) is 11.8. The SMILES string of the molecule is CCC(C(=O)N[C@@H](C)C(=O)COc1c(F)c(C)cc(F)c1F)N1Cc2ccc(-c3coc4ccccc34)cc2C1=O. The van der Waals surface area contributed by atoms with Crippen molar-refractivity contribution in [3.05, 3.63) is 88.9 Å². The van der Waals surface area contributed by atoms with E-state index in [4.69, 9.17) is 9.15 Å². The molecule has 0 bridgehead atoms. The van der Waals surface area contributed by atoms with Crippen molar-refractivity contribution in [1.29, 1.82) is 0 Å². The van der Waals surface area contributed by atoms with Crippen LogP contribution in [0, 0.1) is 24.4 Å². The van der Waals surface area contributed by atoms with Crippen LogP contribution in [-0.2, 0) is 16.1 Å². The summed E-state index contributed by atoms with van der Waals surface area (Å²) in [6.45, 7) is 3.79. The third kappa shape index (κ3) is 5.17. The van der Waals surface area contributed by atoms with Gasteiger partial charge in [-0.25, -0.2) is 8.78 Å². The maximum Gasteiger partial charge on any atom is 0.255 e. The molecule has 5 rings (SSSR count). The highest BCUT2D eigenvalue weighted by molar-refractivity contribution is 6.03. The first-order valence-electron chi connectivity index (χ1n) is 13.1. The number of carbonyl (C=O) groups is 3. The van der Waals surface area contributed by atoms with Crippen LogP contribution in [0.4, 0.5) is 13.2 Å². The first-order chi connectivity index (χ1) is 19.6. The Balaban J connectivity index is 1.26. The minimum absolute atomic E-state index is 0.181. The molecule has 1 aliphatic rings. The van der Waals surface area contributed by atoms with Gasteiger partial charge >= 0.3 is 0 Å². The molecular weight excluding hydrogens is 537 g/mol. The van der Waals surface area contributed by atoms with E-state index in [2.05, 4.69) is 5.32 Å². The fourth-order valence-electron chi connectivity index (χ4n) is 4.98. The number of para-hydroxylation sites is 1. The van der Waals surface area contributed by atoms with Crippen LogP contribution in [0.3, 0.4) is 0 Å². The molecule has 1 aromatic heterocycles. The van der Waals surface area contributed by atoms with Crippen molar-refractivity contribution in [3.8, 4) is 16.9 Å². The van der Waals surface area contributed by atoms with E-state index in [1.165, 1.54) is 18.7 Å². The van der Waals surface area contributed by atoms with Gasteiger partial charge in [0.05, 0.1) is 12.3 Å². The van der Waals surface area contributed by atoms with Crippen LogP contribution in [0.2, 0.25) is 0 Å². The lowest BCUT2D eigenvalue weighted by Gasteiger charge is -2.27. The van der Waals surface area contributed by atoms with E-state index in [0.717, 1.165) is 27.7 Å². The summed E-state index contributed by atoms with van der Waals surface area (Å²) in [5.74, 6) is -6.53. The van der Waals surface area contributed by atoms with E-state index >= 15 is 0 Å². The number of Topliss-reactive ketones (excluding diaryl/α,β-unsaturated/α-hetero) is 1. The van der Waals surface area contributed by atoms with Crippen LogP contribution in [0.1, 0.15) is 41.8 Å². The van der Waals surface area contributed by atoms with Crippen molar-refractivity contribution in [1.82, 2.24) is 10.2 Å². The van der Waals surface area contributed by atoms with Gasteiger partial charge in [0.15, 0.2) is 23.2 Å². The molecule has 4 aromatic rings. The average molecular weight is 565 g/mol. The number of hydrogen-bond acceptors (Lipinski definition) is 5. The summed E-state index contributed by atoms with van der Waals surface area (Å²) in [7, 11) is 0. The van der Waals surface area contributed by atoms with Gasteiger partial charge in [-0.05, 0) is 55.2 Å². The predicted octanol–water partition coefficient (Wildman–Crippen LogP) is 5.71. The Labute approximate surface area is 233 Å². The molecule has 10 heteroatoms. The predicted molar refractivity (Wildman–Crippen MR) is 145 cm³/mol. The summed E-state index contributed by atoms with van der Waals surface area (Å²) in [5, 5.41) is 3.48. The minimum Gasteiger partial charge on any atom is -0.480 e. The molecule has 1 aliphatic heterocycles. The number of amides is 2. The zero-order chi connectivity index (χ0) is 29.4. The monoisotopic (exact) mass is 564 g/mol. The number of furan rings is 1. The van der Waals surface area contributed by atoms with Gasteiger partial charge in [-0.2, -0.15) is 4.39 Å². The van der Waals surface area contributed by atoms with Crippen LogP contribution < -0.4 is 10.1 Å². The fraction of sp³-hybridized carbons (Fsp3) is 0.258. The van der Waals surface area contributed by atoms with Crippen LogP contribution in [0.15, 0.2) is 59.2 Å². The molecule has 2 atom stereocenters. The Hall–Kier alpha value is -4.60. The highest BCUT2D eigenvalue weighted by atomic mass is 19.2. The van der Waals surface area contributed by atoms with Gasteiger partial charge in [-0.3, -0.25) is 14.4 Å². The number of fused-ring (bicyclic) bond motifs is 2. The molecule has 1 unspecified atom stereocenters. The summed E-state index contributed by atoms with van der Waals surface area (Å²) in [5.41, 5.74) is 3.45. The van der Waals surface area contributed by atoms with Crippen LogP contribution in [0.5, 0.6) is 5.75 Å². The van der Waals surface area contributed by atoms with Crippen molar-refractivity contribution in [2.45, 2.75) is 45.8 Å². The Morgan fingerprint density at radius 2 is 1.83 bits per heavy atom. The summed E-state index contributed by atoms with van der Waals surface area (Å²) >= 11 is 0. The molecule has 2 amide bonds. The maximum atomic E-state index is 14.2. The number of ether oxygens (including phenoxy) is 1. The van der Waals surface area contributed by atoms with E-state index in [1.54, 1.807) is 19.3 Å². The van der Waals surface area contributed by atoms with E-state index in [1.807, 2.05) is 36.4 Å². The van der Waals surface area contributed by atoms with Crippen molar-refractivity contribution in [2.24, 2.45) is 0 Å². The minimum atomic E-state index is -1.54. The normalized spacial score (nSPS) is 14.2. The summed E-state index contributed by atoms with van der Waals surface area (Å²) in [6.07, 6.45) is 1.92.